The average Bonchev–Trinajstić information content (AvgIpc) is 2.98. The van der Waals surface area contributed by atoms with Crippen molar-refractivity contribution in [3.05, 3.63) is 62.0 Å². The van der Waals surface area contributed by atoms with Crippen molar-refractivity contribution in [3.63, 3.8) is 0 Å². The fourth-order valence-electron chi connectivity index (χ4n) is 2.33. The Morgan fingerprint density at radius 3 is 2.82 bits per heavy atom. The van der Waals surface area contributed by atoms with E-state index in [0.717, 1.165) is 11.8 Å². The molecule has 0 radical (unpaired) electrons. The van der Waals surface area contributed by atoms with Gasteiger partial charge >= 0.3 is 0 Å². The minimum absolute atomic E-state index is 0.0163. The molecule has 0 atom stereocenters. The molecule has 1 heterocycles. The van der Waals surface area contributed by atoms with Gasteiger partial charge in [0.1, 0.15) is 0 Å². The second kappa shape index (κ2) is 8.32. The van der Waals surface area contributed by atoms with Crippen LogP contribution in [0.1, 0.15) is 12.5 Å². The van der Waals surface area contributed by atoms with E-state index < -0.39 is 4.92 Å². The Labute approximate surface area is 169 Å². The minimum Gasteiger partial charge on any atom is -0.504 e. The van der Waals surface area contributed by atoms with Crippen LogP contribution in [0.2, 0.25) is 5.02 Å². The van der Waals surface area contributed by atoms with Crippen LogP contribution in [0.25, 0.3) is 6.08 Å². The molecule has 1 fully saturated rings. The molecule has 10 heteroatoms. The number of aliphatic imine (C=N–C) groups is 1. The predicted octanol–water partition coefficient (Wildman–Crippen LogP) is 4.24. The molecule has 3 rings (SSSR count). The fourth-order valence-corrected chi connectivity index (χ4v) is 3.38. The van der Waals surface area contributed by atoms with E-state index in [0.29, 0.717) is 33.7 Å². The topological polar surface area (TPSA) is 114 Å². The van der Waals surface area contributed by atoms with Crippen LogP contribution in [-0.2, 0) is 4.79 Å². The number of nitro groups is 1. The van der Waals surface area contributed by atoms with Gasteiger partial charge in [-0.1, -0.05) is 17.7 Å². The summed E-state index contributed by atoms with van der Waals surface area (Å²) in [6.07, 6.45) is 1.64. The highest BCUT2D eigenvalue weighted by atomic mass is 35.5. The van der Waals surface area contributed by atoms with Crippen LogP contribution in [0.4, 0.5) is 11.4 Å². The quantitative estimate of drug-likeness (QED) is 0.425. The van der Waals surface area contributed by atoms with Crippen LogP contribution in [0.5, 0.6) is 11.5 Å². The number of amides is 1. The van der Waals surface area contributed by atoms with Crippen molar-refractivity contribution < 1.29 is 19.6 Å². The highest BCUT2D eigenvalue weighted by molar-refractivity contribution is 8.18. The van der Waals surface area contributed by atoms with Crippen molar-refractivity contribution in [1.29, 1.82) is 0 Å². The van der Waals surface area contributed by atoms with Gasteiger partial charge in [0.25, 0.3) is 11.6 Å². The van der Waals surface area contributed by atoms with E-state index in [9.17, 15) is 20.0 Å². The van der Waals surface area contributed by atoms with E-state index in [2.05, 4.69) is 10.3 Å². The van der Waals surface area contributed by atoms with E-state index in [4.69, 9.17) is 16.3 Å². The van der Waals surface area contributed by atoms with Crippen molar-refractivity contribution in [2.24, 2.45) is 4.99 Å². The number of hydrogen-bond acceptors (Lipinski definition) is 7. The van der Waals surface area contributed by atoms with Gasteiger partial charge in [-0.2, -0.15) is 0 Å². The normalized spacial score (nSPS) is 16.4. The zero-order valence-electron chi connectivity index (χ0n) is 14.5. The van der Waals surface area contributed by atoms with Gasteiger partial charge in [-0.15, -0.1) is 0 Å². The summed E-state index contributed by atoms with van der Waals surface area (Å²) in [6.45, 7) is 2.20. The molecule has 2 aromatic rings. The Bertz CT molecular complexity index is 1020. The number of phenols is 1. The van der Waals surface area contributed by atoms with Crippen LogP contribution in [0.3, 0.4) is 0 Å². The number of aromatic hydroxyl groups is 1. The number of phenolic OH excluding ortho intramolecular Hbond substituents is 1. The minimum atomic E-state index is -0.552. The first-order valence-electron chi connectivity index (χ1n) is 8.06. The van der Waals surface area contributed by atoms with E-state index in [1.54, 1.807) is 25.1 Å². The van der Waals surface area contributed by atoms with Crippen molar-refractivity contribution in [1.82, 2.24) is 5.32 Å². The number of amidine groups is 1. The molecule has 1 aliphatic heterocycles. The number of hydrogen-bond donors (Lipinski definition) is 2. The Morgan fingerprint density at radius 1 is 1.36 bits per heavy atom. The third-order valence-corrected chi connectivity index (χ3v) is 4.81. The zero-order valence-corrected chi connectivity index (χ0v) is 16.1. The molecule has 0 spiro atoms. The first-order chi connectivity index (χ1) is 13.4. The second-order valence-corrected chi connectivity index (χ2v) is 6.97. The molecule has 28 heavy (non-hydrogen) atoms. The molecular weight excluding hydrogens is 406 g/mol. The first kappa shape index (κ1) is 19.7. The molecule has 0 bridgehead atoms. The Kier molecular flexibility index (Phi) is 5.86. The lowest BCUT2D eigenvalue weighted by molar-refractivity contribution is -0.384. The third-order valence-electron chi connectivity index (χ3n) is 3.60. The maximum Gasteiger partial charge on any atom is 0.271 e. The lowest BCUT2D eigenvalue weighted by Crippen LogP contribution is -2.19. The van der Waals surface area contributed by atoms with Crippen molar-refractivity contribution >= 4 is 51.9 Å². The highest BCUT2D eigenvalue weighted by Crippen LogP contribution is 2.34. The molecule has 0 unspecified atom stereocenters. The summed E-state index contributed by atoms with van der Waals surface area (Å²) in [5.74, 6) is 0.00205. The molecule has 8 nitrogen and oxygen atoms in total. The molecular formula is C18H14ClN3O5S. The number of non-ortho nitro benzene ring substituents is 1. The predicted molar refractivity (Wildman–Crippen MR) is 108 cm³/mol. The average molecular weight is 420 g/mol. The summed E-state index contributed by atoms with van der Waals surface area (Å²) >= 11 is 7.14. The van der Waals surface area contributed by atoms with Gasteiger partial charge < -0.3 is 15.2 Å². The number of ether oxygens (including phenoxy) is 1. The summed E-state index contributed by atoms with van der Waals surface area (Å²) < 4.78 is 5.34. The molecule has 144 valence electrons. The van der Waals surface area contributed by atoms with Gasteiger partial charge in [0.15, 0.2) is 16.7 Å². The van der Waals surface area contributed by atoms with Crippen LogP contribution in [0, 0.1) is 10.1 Å². The smallest absolute Gasteiger partial charge is 0.271 e. The van der Waals surface area contributed by atoms with Gasteiger partial charge in [0.2, 0.25) is 0 Å². The monoisotopic (exact) mass is 419 g/mol. The maximum atomic E-state index is 12.2. The molecule has 1 saturated heterocycles. The van der Waals surface area contributed by atoms with E-state index in [1.807, 2.05) is 0 Å². The Hall–Kier alpha value is -3.04. The maximum absolute atomic E-state index is 12.2. The van der Waals surface area contributed by atoms with Gasteiger partial charge in [0.05, 0.1) is 27.1 Å². The summed E-state index contributed by atoms with van der Waals surface area (Å²) in [5, 5.41) is 23.6. The lowest BCUT2D eigenvalue weighted by atomic mass is 10.2. The number of thioether (sulfide) groups is 1. The standard InChI is InChI=1S/C18H14ClN3O5S/c1-2-27-15-7-10(3-6-14(15)23)8-16-17(24)21-18(28-16)20-13-5-4-11(22(25)26)9-12(13)19/h3-9,23H,2H2,1H3,(H,20,21,24)/b16-8+. The second-order valence-electron chi connectivity index (χ2n) is 5.53. The van der Waals surface area contributed by atoms with Gasteiger partial charge in [-0.3, -0.25) is 14.9 Å². The number of nitro benzene ring substituents is 1. The molecule has 1 aliphatic rings. The molecule has 0 aliphatic carbocycles. The number of carbonyl (C=O) groups is 1. The van der Waals surface area contributed by atoms with Gasteiger partial charge in [-0.05, 0) is 48.5 Å². The molecule has 2 N–H and O–H groups in total. The largest absolute Gasteiger partial charge is 0.504 e. The van der Waals surface area contributed by atoms with Crippen LogP contribution in [0.15, 0.2) is 46.3 Å². The summed E-state index contributed by atoms with van der Waals surface area (Å²) in [4.78, 5) is 27.1. The number of halogens is 1. The summed E-state index contributed by atoms with van der Waals surface area (Å²) in [5.41, 5.74) is 0.836. The van der Waals surface area contributed by atoms with E-state index >= 15 is 0 Å². The third kappa shape index (κ3) is 4.44. The number of benzene rings is 2. The van der Waals surface area contributed by atoms with E-state index in [-0.39, 0.29) is 22.4 Å². The summed E-state index contributed by atoms with van der Waals surface area (Å²) in [7, 11) is 0. The van der Waals surface area contributed by atoms with Crippen LogP contribution >= 0.6 is 23.4 Å². The zero-order chi connectivity index (χ0) is 20.3. The van der Waals surface area contributed by atoms with Crippen molar-refractivity contribution in [3.8, 4) is 11.5 Å². The lowest BCUT2D eigenvalue weighted by Gasteiger charge is -2.06. The molecule has 2 aromatic carbocycles. The highest BCUT2D eigenvalue weighted by Gasteiger charge is 2.24. The number of rotatable bonds is 5. The molecule has 0 saturated carbocycles. The van der Waals surface area contributed by atoms with E-state index in [1.165, 1.54) is 24.3 Å². The summed E-state index contributed by atoms with van der Waals surface area (Å²) in [6, 6.07) is 8.67. The fraction of sp³-hybridized carbons (Fsp3) is 0.111. The van der Waals surface area contributed by atoms with Crippen molar-refractivity contribution in [2.45, 2.75) is 6.92 Å². The Balaban J connectivity index is 1.84. The number of nitrogens with one attached hydrogen (secondary N) is 1. The van der Waals surface area contributed by atoms with Gasteiger partial charge in [-0.25, -0.2) is 4.99 Å². The SMILES string of the molecule is CCOc1cc(/C=C2/SC(=Nc3ccc([N+](=O)[O-])cc3Cl)NC2=O)ccc1O. The first-order valence-corrected chi connectivity index (χ1v) is 9.26. The van der Waals surface area contributed by atoms with Crippen LogP contribution < -0.4 is 10.1 Å². The van der Waals surface area contributed by atoms with Crippen LogP contribution in [-0.4, -0.2) is 27.7 Å². The van der Waals surface area contributed by atoms with Crippen molar-refractivity contribution in [2.75, 3.05) is 6.61 Å². The molecule has 1 amide bonds. The van der Waals surface area contributed by atoms with Gasteiger partial charge in [0, 0.05) is 12.1 Å². The number of nitrogens with zero attached hydrogens (tertiary/aromatic N) is 2. The molecule has 0 aromatic heterocycles. The Morgan fingerprint density at radius 2 is 2.14 bits per heavy atom. The number of carbonyl (C=O) groups excluding carboxylic acids is 1.